The highest BCUT2D eigenvalue weighted by molar-refractivity contribution is 7.99. The summed E-state index contributed by atoms with van der Waals surface area (Å²) < 4.78 is 1.50. The van der Waals surface area contributed by atoms with E-state index in [-0.39, 0.29) is 11.7 Å². The van der Waals surface area contributed by atoms with E-state index in [2.05, 4.69) is 51.7 Å². The lowest BCUT2D eigenvalue weighted by Crippen LogP contribution is -2.17. The minimum absolute atomic E-state index is 0.141. The Morgan fingerprint density at radius 2 is 2.11 bits per heavy atom. The molecule has 0 bridgehead atoms. The summed E-state index contributed by atoms with van der Waals surface area (Å²) in [7, 11) is 0. The number of aromatic nitrogens is 4. The van der Waals surface area contributed by atoms with E-state index in [0.717, 1.165) is 36.3 Å². The van der Waals surface area contributed by atoms with Gasteiger partial charge in [-0.2, -0.15) is 0 Å². The molecule has 0 radical (unpaired) electrons. The molecule has 4 rings (SSSR count). The van der Waals surface area contributed by atoms with Crippen molar-refractivity contribution in [2.24, 2.45) is 0 Å². The van der Waals surface area contributed by atoms with Crippen LogP contribution in [0.25, 0.3) is 11.3 Å². The lowest BCUT2D eigenvalue weighted by Gasteiger charge is -2.03. The van der Waals surface area contributed by atoms with E-state index in [9.17, 15) is 4.79 Å². The third kappa shape index (κ3) is 4.14. The van der Waals surface area contributed by atoms with Gasteiger partial charge in [0.25, 0.3) is 0 Å². The summed E-state index contributed by atoms with van der Waals surface area (Å²) in [6.45, 7) is 2.13. The Morgan fingerprint density at radius 1 is 1.33 bits per heavy atom. The third-order valence-electron chi connectivity index (χ3n) is 4.37. The Hall–Kier alpha value is -2.39. The molecule has 1 aliphatic rings. The number of nitrogens with one attached hydrogen (secondary N) is 1. The number of hydrogen-bond donors (Lipinski definition) is 2. The van der Waals surface area contributed by atoms with Gasteiger partial charge >= 0.3 is 0 Å². The SMILES string of the molecule is CCc1ccc(-c2csc(NC(=O)CSc3nnc(C4CC4)n3N)n2)cc1. The minimum Gasteiger partial charge on any atom is -0.336 e. The van der Waals surface area contributed by atoms with Crippen LogP contribution < -0.4 is 11.2 Å². The molecule has 2 aromatic heterocycles. The number of rotatable bonds is 7. The van der Waals surface area contributed by atoms with Crippen molar-refractivity contribution in [3.05, 3.63) is 41.0 Å². The number of thioether (sulfide) groups is 1. The first-order chi connectivity index (χ1) is 13.1. The number of thiazole rings is 1. The summed E-state index contributed by atoms with van der Waals surface area (Å²) in [5.41, 5.74) is 3.20. The van der Waals surface area contributed by atoms with E-state index in [1.54, 1.807) is 0 Å². The van der Waals surface area contributed by atoms with Crippen LogP contribution in [0.3, 0.4) is 0 Å². The maximum atomic E-state index is 12.2. The zero-order valence-electron chi connectivity index (χ0n) is 14.9. The fourth-order valence-corrected chi connectivity index (χ4v) is 4.07. The summed E-state index contributed by atoms with van der Waals surface area (Å²) in [5, 5.41) is 14.1. The molecule has 1 fully saturated rings. The van der Waals surface area contributed by atoms with Gasteiger partial charge in [-0.1, -0.05) is 43.0 Å². The highest BCUT2D eigenvalue weighted by Gasteiger charge is 2.30. The number of aryl methyl sites for hydroxylation is 1. The van der Waals surface area contributed by atoms with Crippen LogP contribution in [0.1, 0.15) is 37.1 Å². The van der Waals surface area contributed by atoms with Gasteiger partial charge < -0.3 is 11.2 Å². The van der Waals surface area contributed by atoms with Crippen LogP contribution in [0.2, 0.25) is 0 Å². The molecule has 1 aromatic carbocycles. The molecular weight excluding hydrogens is 380 g/mol. The Labute approximate surface area is 165 Å². The summed E-state index contributed by atoms with van der Waals surface area (Å²) >= 11 is 2.69. The number of carbonyl (C=O) groups is 1. The fraction of sp³-hybridized carbons (Fsp3) is 0.333. The van der Waals surface area contributed by atoms with Crippen LogP contribution in [-0.4, -0.2) is 31.5 Å². The number of nitrogens with two attached hydrogens (primary N) is 1. The highest BCUT2D eigenvalue weighted by Crippen LogP contribution is 2.39. The molecule has 1 amide bonds. The van der Waals surface area contributed by atoms with E-state index in [4.69, 9.17) is 5.84 Å². The second-order valence-electron chi connectivity index (χ2n) is 6.41. The van der Waals surface area contributed by atoms with E-state index < -0.39 is 0 Å². The average molecular weight is 401 g/mol. The standard InChI is InChI=1S/C18H20N6OS2/c1-2-11-3-5-12(6-4-11)14-9-26-17(20-14)21-15(25)10-27-18-23-22-16(24(18)19)13-7-8-13/h3-6,9,13H,2,7-8,10,19H2,1H3,(H,20,21,25). The molecule has 0 unspecified atom stereocenters. The quantitative estimate of drug-likeness (QED) is 0.466. The topological polar surface area (TPSA) is 98.7 Å². The number of amides is 1. The van der Waals surface area contributed by atoms with Gasteiger partial charge in [0.2, 0.25) is 11.1 Å². The first-order valence-electron chi connectivity index (χ1n) is 8.82. The molecule has 0 aliphatic heterocycles. The molecule has 140 valence electrons. The monoisotopic (exact) mass is 400 g/mol. The molecule has 9 heteroatoms. The van der Waals surface area contributed by atoms with E-state index in [1.807, 2.05) is 5.38 Å². The number of benzene rings is 1. The largest absolute Gasteiger partial charge is 0.336 e. The molecule has 2 heterocycles. The zero-order chi connectivity index (χ0) is 18.8. The highest BCUT2D eigenvalue weighted by atomic mass is 32.2. The fourth-order valence-electron chi connectivity index (χ4n) is 2.67. The van der Waals surface area contributed by atoms with Crippen molar-refractivity contribution >= 4 is 34.1 Å². The number of carbonyl (C=O) groups excluding carboxylic acids is 1. The van der Waals surface area contributed by atoms with E-state index in [0.29, 0.717) is 16.2 Å². The van der Waals surface area contributed by atoms with Gasteiger partial charge in [0.1, 0.15) is 0 Å². The maximum absolute atomic E-state index is 12.2. The molecule has 3 N–H and O–H groups in total. The Bertz CT molecular complexity index is 945. The number of hydrogen-bond acceptors (Lipinski definition) is 7. The Balaban J connectivity index is 1.33. The molecule has 0 atom stereocenters. The van der Waals surface area contributed by atoms with Crippen LogP contribution in [0.4, 0.5) is 5.13 Å². The zero-order valence-corrected chi connectivity index (χ0v) is 16.5. The summed E-state index contributed by atoms with van der Waals surface area (Å²) in [5.74, 6) is 7.29. The van der Waals surface area contributed by atoms with Crippen molar-refractivity contribution in [2.45, 2.75) is 37.3 Å². The van der Waals surface area contributed by atoms with E-state index >= 15 is 0 Å². The Morgan fingerprint density at radius 3 is 2.81 bits per heavy atom. The molecule has 1 saturated carbocycles. The van der Waals surface area contributed by atoms with Crippen molar-refractivity contribution in [2.75, 3.05) is 16.9 Å². The average Bonchev–Trinajstić information content (AvgIpc) is 3.31. The lowest BCUT2D eigenvalue weighted by atomic mass is 10.1. The summed E-state index contributed by atoms with van der Waals surface area (Å²) in [4.78, 5) is 16.7. The van der Waals surface area contributed by atoms with Crippen molar-refractivity contribution in [3.63, 3.8) is 0 Å². The van der Waals surface area contributed by atoms with Crippen LogP contribution >= 0.6 is 23.1 Å². The molecule has 27 heavy (non-hydrogen) atoms. The van der Waals surface area contributed by atoms with Crippen LogP contribution in [0.15, 0.2) is 34.8 Å². The first kappa shape index (κ1) is 18.0. The molecule has 0 spiro atoms. The van der Waals surface area contributed by atoms with E-state index in [1.165, 1.54) is 33.3 Å². The van der Waals surface area contributed by atoms with Gasteiger partial charge in [0.05, 0.1) is 11.4 Å². The van der Waals surface area contributed by atoms with Gasteiger partial charge in [-0.15, -0.1) is 21.5 Å². The predicted octanol–water partition coefficient (Wildman–Crippen LogP) is 3.29. The molecule has 1 aliphatic carbocycles. The molecule has 7 nitrogen and oxygen atoms in total. The number of anilines is 1. The van der Waals surface area contributed by atoms with Gasteiger partial charge in [0.15, 0.2) is 11.0 Å². The maximum Gasteiger partial charge on any atom is 0.236 e. The molecule has 3 aromatic rings. The summed E-state index contributed by atoms with van der Waals surface area (Å²) in [6, 6.07) is 8.31. The van der Waals surface area contributed by atoms with Gasteiger partial charge in [-0.05, 0) is 24.8 Å². The predicted molar refractivity (Wildman–Crippen MR) is 108 cm³/mol. The minimum atomic E-state index is -0.141. The number of nitrogens with zero attached hydrogens (tertiary/aromatic N) is 4. The van der Waals surface area contributed by atoms with Crippen molar-refractivity contribution in [3.8, 4) is 11.3 Å². The molecule has 0 saturated heterocycles. The van der Waals surface area contributed by atoms with Gasteiger partial charge in [-0.25, -0.2) is 9.66 Å². The van der Waals surface area contributed by atoms with Gasteiger partial charge in [-0.3, -0.25) is 4.79 Å². The van der Waals surface area contributed by atoms with Crippen molar-refractivity contribution in [1.29, 1.82) is 0 Å². The number of nitrogen functional groups attached to an aromatic ring is 1. The van der Waals surface area contributed by atoms with Crippen molar-refractivity contribution < 1.29 is 4.79 Å². The lowest BCUT2D eigenvalue weighted by molar-refractivity contribution is -0.113. The normalized spacial score (nSPS) is 13.7. The van der Waals surface area contributed by atoms with Crippen LogP contribution in [-0.2, 0) is 11.2 Å². The van der Waals surface area contributed by atoms with Crippen LogP contribution in [0, 0.1) is 0 Å². The second-order valence-corrected chi connectivity index (χ2v) is 8.21. The molecular formula is C18H20N6OS2. The third-order valence-corrected chi connectivity index (χ3v) is 6.08. The summed E-state index contributed by atoms with van der Waals surface area (Å²) in [6.07, 6.45) is 3.22. The van der Waals surface area contributed by atoms with Crippen molar-refractivity contribution in [1.82, 2.24) is 19.9 Å². The van der Waals surface area contributed by atoms with Gasteiger partial charge in [0, 0.05) is 16.9 Å². The smallest absolute Gasteiger partial charge is 0.236 e. The van der Waals surface area contributed by atoms with Crippen LogP contribution in [0.5, 0.6) is 0 Å². The second kappa shape index (κ2) is 7.69. The Kier molecular flexibility index (Phi) is 5.13. The first-order valence-corrected chi connectivity index (χ1v) is 10.7.